The molecule has 4 heterocycles. The third kappa shape index (κ3) is 5.70. The first kappa shape index (κ1) is 42.0. The molecular weight excluding hydrogens is 821 g/mol. The zero-order valence-electron chi connectivity index (χ0n) is 37.8. The molecule has 2 aliphatic carbocycles. The maximum absolute atomic E-state index is 13.5. The second kappa shape index (κ2) is 13.8. The van der Waals surface area contributed by atoms with Gasteiger partial charge in [0.1, 0.15) is 11.1 Å². The van der Waals surface area contributed by atoms with Gasteiger partial charge < -0.3 is 10.4 Å². The quantitative estimate of drug-likeness (QED) is 0.141. The van der Waals surface area contributed by atoms with Crippen LogP contribution in [0.1, 0.15) is 111 Å². The fourth-order valence-electron chi connectivity index (χ4n) is 10.3. The van der Waals surface area contributed by atoms with Gasteiger partial charge >= 0.3 is 11.7 Å². The average Bonchev–Trinajstić information content (AvgIpc) is 3.89. The van der Waals surface area contributed by atoms with Crippen LogP contribution >= 0.6 is 23.5 Å². The Labute approximate surface area is 379 Å². The lowest BCUT2D eigenvalue weighted by Gasteiger charge is -2.52. The van der Waals surface area contributed by atoms with Gasteiger partial charge in [-0.2, -0.15) is 0 Å². The van der Waals surface area contributed by atoms with E-state index in [1.54, 1.807) is 0 Å². The Bertz CT molecular complexity index is 2660. The monoisotopic (exact) mass is 874 g/mol. The molecule has 0 spiro atoms. The molecule has 8 nitrogen and oxygen atoms in total. The van der Waals surface area contributed by atoms with E-state index in [1.165, 1.54) is 49.7 Å². The Morgan fingerprint density at radius 2 is 0.841 bits per heavy atom. The zero-order chi connectivity index (χ0) is 44.8. The predicted octanol–water partition coefficient (Wildman–Crippen LogP) is 12.4. The first-order valence-corrected chi connectivity index (χ1v) is 23.6. The molecule has 0 saturated heterocycles. The summed E-state index contributed by atoms with van der Waals surface area (Å²) in [6.45, 7) is 19.5. The van der Waals surface area contributed by atoms with E-state index in [0.29, 0.717) is 11.1 Å². The number of hydrogen-bond donors (Lipinski definition) is 0. The highest BCUT2D eigenvalue weighted by Gasteiger charge is 2.62. The Morgan fingerprint density at radius 1 is 0.492 bits per heavy atom. The van der Waals surface area contributed by atoms with Gasteiger partial charge in [0.05, 0.1) is 15.2 Å². The third-order valence-corrected chi connectivity index (χ3v) is 19.3. The number of allylic oxidation sites excluding steroid dienone is 6. The number of thioether (sulfide) groups is 2. The van der Waals surface area contributed by atoms with Crippen LogP contribution in [0.3, 0.4) is 0 Å². The van der Waals surface area contributed by atoms with Gasteiger partial charge in [-0.05, 0) is 181 Å². The normalized spacial score (nSPS) is 26.4. The topological polar surface area (TPSA) is 98.4 Å². The number of amidine groups is 2. The van der Waals surface area contributed by atoms with Crippen LogP contribution in [0.2, 0.25) is 0 Å². The maximum atomic E-state index is 13.5. The van der Waals surface area contributed by atoms with Gasteiger partial charge in [0.15, 0.2) is 11.1 Å². The largest absolute Gasteiger partial charge is 0.714 e. The molecule has 10 rings (SSSR count). The lowest BCUT2D eigenvalue weighted by atomic mass is 9.73. The first-order valence-electron chi connectivity index (χ1n) is 22.0. The van der Waals surface area contributed by atoms with E-state index in [4.69, 9.17) is 0 Å². The van der Waals surface area contributed by atoms with Crippen LogP contribution in [0.25, 0.3) is 32.1 Å². The van der Waals surface area contributed by atoms with Gasteiger partial charge in [-0.15, -0.1) is 23.5 Å². The molecule has 0 unspecified atom stereocenters. The van der Waals surface area contributed by atoms with Crippen molar-refractivity contribution in [2.45, 2.75) is 115 Å². The van der Waals surface area contributed by atoms with Crippen LogP contribution in [-0.2, 0) is 10.4 Å². The second-order valence-corrected chi connectivity index (χ2v) is 23.5. The smallest absolute Gasteiger partial charge is 0.316 e. The molecule has 1 saturated carbocycles. The van der Waals surface area contributed by atoms with Crippen molar-refractivity contribution in [2.75, 3.05) is 0 Å². The number of hydroxylamine groups is 6. The molecule has 4 aliphatic heterocycles. The summed E-state index contributed by atoms with van der Waals surface area (Å²) >= 11 is 3.92. The molecule has 2 radical (unpaired) electrons. The van der Waals surface area contributed by atoms with Gasteiger partial charge in [0.25, 0.3) is 0 Å². The van der Waals surface area contributed by atoms with E-state index >= 15 is 0 Å². The summed E-state index contributed by atoms with van der Waals surface area (Å²) in [5.74, 6) is 0.299. The molecule has 0 aromatic heterocycles. The van der Waals surface area contributed by atoms with Crippen molar-refractivity contribution in [1.29, 1.82) is 0 Å². The number of hydrogen-bond acceptors (Lipinski definition) is 6. The molecule has 0 atom stereocenters. The minimum atomic E-state index is -0.882. The number of fused-ring (bicyclic) bond motifs is 1. The molecule has 63 heavy (non-hydrogen) atoms. The van der Waals surface area contributed by atoms with Crippen molar-refractivity contribution in [3.05, 3.63) is 164 Å². The molecule has 10 heteroatoms. The molecule has 0 bridgehead atoms. The van der Waals surface area contributed by atoms with Crippen LogP contribution in [-0.4, -0.2) is 57.5 Å². The van der Waals surface area contributed by atoms with Crippen LogP contribution in [0.4, 0.5) is 0 Å². The molecule has 1 fully saturated rings. The highest BCUT2D eigenvalue weighted by atomic mass is 32.2. The van der Waals surface area contributed by atoms with Crippen molar-refractivity contribution in [3.63, 3.8) is 0 Å². The van der Waals surface area contributed by atoms with Gasteiger partial charge in [0.2, 0.25) is 0 Å². The molecule has 4 aromatic carbocycles. The third-order valence-electron chi connectivity index (χ3n) is 16.1. The van der Waals surface area contributed by atoms with Crippen molar-refractivity contribution in [2.24, 2.45) is 5.41 Å². The summed E-state index contributed by atoms with van der Waals surface area (Å²) < 4.78 is 1.53. The number of rotatable bonds is 6. The summed E-state index contributed by atoms with van der Waals surface area (Å²) in [5, 5.41) is 55.6. The lowest BCUT2D eigenvalue weighted by Crippen LogP contribution is -2.53. The van der Waals surface area contributed by atoms with Crippen molar-refractivity contribution in [1.82, 2.24) is 10.1 Å². The highest BCUT2D eigenvalue weighted by Crippen LogP contribution is 2.73. The minimum absolute atomic E-state index is 0.140. The zero-order valence-corrected chi connectivity index (χ0v) is 39.4. The highest BCUT2D eigenvalue weighted by molar-refractivity contribution is 8.26. The summed E-state index contributed by atoms with van der Waals surface area (Å²) in [4.78, 5) is 2.51. The average molecular weight is 875 g/mol. The fraction of sp³-hybridized carbons (Fsp3) is 0.358. The standard InChI is InChI=1S/C53H54N4O4S2/c1-48(2)49(3,4)55(59)46(54(48)58)38-16-11-14-36(28-38)32-20-24-34(25-21-32)44-30-42-40-18-13-19-41(40)43-31-45(63-53(10,62-44)52(42,43)9)35-26-22-33(23-27-35)37-15-12-17-39(29-37)47-56(60)50(5,6)51(7,8)57(47)61/h11-12,14-17,20-31H,13,18-19H2,1-10H3. The van der Waals surface area contributed by atoms with Crippen molar-refractivity contribution < 1.29 is 19.9 Å². The summed E-state index contributed by atoms with van der Waals surface area (Å²) in [7, 11) is 0. The minimum Gasteiger partial charge on any atom is -0.714 e. The van der Waals surface area contributed by atoms with Gasteiger partial charge in [0, 0.05) is 25.6 Å². The number of nitrogens with zero attached hydrogens (tertiary/aromatic N) is 4. The first-order chi connectivity index (χ1) is 29.6. The van der Waals surface area contributed by atoms with Crippen molar-refractivity contribution >= 4 is 45.0 Å². The van der Waals surface area contributed by atoms with E-state index in [1.807, 2.05) is 127 Å². The van der Waals surface area contributed by atoms with E-state index in [9.17, 15) is 20.8 Å². The second-order valence-electron chi connectivity index (χ2n) is 20.3. The van der Waals surface area contributed by atoms with Crippen LogP contribution in [0.5, 0.6) is 0 Å². The SMILES string of the molecule is CC12SC(c3ccc(-c4cccc(C5=[N+]([O-])C(C)(C)C(C)(C)N5[O])c4)cc3)=CC3=C4CCCC4=C(C=C(c4ccc(-c5cccc(C6=[N+]([O-])C(C)(C)C(C)(C)N6[O])c5)cc4)S1)C32C. The van der Waals surface area contributed by atoms with Crippen LogP contribution in [0, 0.1) is 15.8 Å². The lowest BCUT2D eigenvalue weighted by molar-refractivity contribution is -0.539. The molecule has 322 valence electrons. The summed E-state index contributed by atoms with van der Waals surface area (Å²) in [6.07, 6.45) is 8.30. The molecule has 4 aromatic rings. The molecule has 6 aliphatic rings. The Hall–Kier alpha value is -5.00. The van der Waals surface area contributed by atoms with Crippen LogP contribution in [0.15, 0.2) is 132 Å². The molecule has 0 N–H and O–H groups in total. The fourth-order valence-corrected chi connectivity index (χ4v) is 13.6. The molecule has 0 amide bonds. The van der Waals surface area contributed by atoms with Gasteiger partial charge in [-0.3, -0.25) is 9.48 Å². The predicted molar refractivity (Wildman–Crippen MR) is 256 cm³/mol. The Morgan fingerprint density at radius 3 is 1.19 bits per heavy atom. The van der Waals surface area contributed by atoms with E-state index in [2.05, 4.69) is 74.5 Å². The van der Waals surface area contributed by atoms with E-state index < -0.39 is 22.2 Å². The van der Waals surface area contributed by atoms with Crippen LogP contribution < -0.4 is 0 Å². The van der Waals surface area contributed by atoms with Gasteiger partial charge in [-0.1, -0.05) is 82.9 Å². The van der Waals surface area contributed by atoms with Crippen molar-refractivity contribution in [3.8, 4) is 22.3 Å². The number of benzene rings is 4. The molecular formula is C53H54N4O4S2. The van der Waals surface area contributed by atoms with E-state index in [0.717, 1.165) is 54.7 Å². The van der Waals surface area contributed by atoms with E-state index in [-0.39, 0.29) is 21.2 Å². The summed E-state index contributed by atoms with van der Waals surface area (Å²) in [6, 6.07) is 32.9. The summed E-state index contributed by atoms with van der Waals surface area (Å²) in [5.41, 5.74) is 9.81. The maximum Gasteiger partial charge on any atom is 0.316 e. The Balaban J connectivity index is 0.943. The Kier molecular flexibility index (Phi) is 9.16. The van der Waals surface area contributed by atoms with Gasteiger partial charge in [-0.25, -0.2) is 0 Å².